The molecule has 1 amide bonds. The van der Waals surface area contributed by atoms with Crippen LogP contribution in [0.15, 0.2) is 22.7 Å². The maximum absolute atomic E-state index is 12.1. The van der Waals surface area contributed by atoms with Crippen molar-refractivity contribution in [3.05, 3.63) is 28.2 Å². The summed E-state index contributed by atoms with van der Waals surface area (Å²) < 4.78 is 5.24. The molecular formula is C13H16BrNO4. The number of hydrogen-bond acceptors (Lipinski definition) is 4. The highest BCUT2D eigenvalue weighted by molar-refractivity contribution is 9.10. The minimum absolute atomic E-state index is 0.0620. The number of halogens is 1. The number of rotatable bonds is 5. The van der Waals surface area contributed by atoms with Gasteiger partial charge in [-0.25, -0.2) is 0 Å². The van der Waals surface area contributed by atoms with E-state index in [2.05, 4.69) is 20.7 Å². The second-order valence-corrected chi connectivity index (χ2v) is 4.98. The molecule has 6 heteroatoms. The molecule has 0 saturated carbocycles. The lowest BCUT2D eigenvalue weighted by molar-refractivity contribution is -0.140. The Kier molecular flexibility index (Phi) is 5.82. The summed E-state index contributed by atoms with van der Waals surface area (Å²) in [4.78, 5) is 24.5. The molecule has 0 saturated heterocycles. The molecule has 0 aliphatic rings. The Morgan fingerprint density at radius 1 is 1.42 bits per heavy atom. The Morgan fingerprint density at radius 2 is 2.11 bits per heavy atom. The van der Waals surface area contributed by atoms with Crippen LogP contribution in [0, 0.1) is 0 Å². The van der Waals surface area contributed by atoms with Gasteiger partial charge < -0.3 is 14.7 Å². The molecular weight excluding hydrogens is 314 g/mol. The summed E-state index contributed by atoms with van der Waals surface area (Å²) in [7, 11) is 2.96. The predicted molar refractivity (Wildman–Crippen MR) is 74.0 cm³/mol. The van der Waals surface area contributed by atoms with Gasteiger partial charge in [-0.05, 0) is 24.6 Å². The summed E-state index contributed by atoms with van der Waals surface area (Å²) in [5.74, 6) is -0.650. The third-order valence-electron chi connectivity index (χ3n) is 2.64. The molecule has 0 fully saturated rings. The molecule has 104 valence electrons. The first-order valence-corrected chi connectivity index (χ1v) is 6.55. The number of esters is 1. The molecule has 0 heterocycles. The van der Waals surface area contributed by atoms with Crippen LogP contribution < -0.4 is 0 Å². The fourth-order valence-corrected chi connectivity index (χ4v) is 1.91. The number of ether oxygens (including phenoxy) is 1. The van der Waals surface area contributed by atoms with Crippen LogP contribution in [-0.2, 0) is 9.53 Å². The standard InChI is InChI=1S/C13H16BrNO4/c1-15(7-3-4-12(17)19-2)13(18)10-8-9(14)5-6-11(10)16/h5-6,8,16H,3-4,7H2,1-2H3. The van der Waals surface area contributed by atoms with Crippen molar-refractivity contribution < 1.29 is 19.4 Å². The molecule has 0 aliphatic heterocycles. The summed E-state index contributed by atoms with van der Waals surface area (Å²) in [6.45, 7) is 0.417. The molecule has 1 aromatic rings. The zero-order valence-corrected chi connectivity index (χ0v) is 12.4. The molecule has 0 radical (unpaired) electrons. The highest BCUT2D eigenvalue weighted by atomic mass is 79.9. The summed E-state index contributed by atoms with van der Waals surface area (Å²) in [5.41, 5.74) is 0.231. The number of carbonyl (C=O) groups excluding carboxylic acids is 2. The molecule has 0 aromatic heterocycles. The van der Waals surface area contributed by atoms with Gasteiger partial charge in [-0.15, -0.1) is 0 Å². The zero-order chi connectivity index (χ0) is 14.4. The molecule has 1 aromatic carbocycles. The van der Waals surface area contributed by atoms with Crippen LogP contribution in [0.3, 0.4) is 0 Å². The molecule has 5 nitrogen and oxygen atoms in total. The van der Waals surface area contributed by atoms with Crippen molar-refractivity contribution >= 4 is 27.8 Å². The van der Waals surface area contributed by atoms with Crippen molar-refractivity contribution in [3.8, 4) is 5.75 Å². The van der Waals surface area contributed by atoms with E-state index in [0.717, 1.165) is 4.47 Å². The number of amides is 1. The monoisotopic (exact) mass is 329 g/mol. The molecule has 0 spiro atoms. The van der Waals surface area contributed by atoms with Crippen molar-refractivity contribution in [1.29, 1.82) is 0 Å². The van der Waals surface area contributed by atoms with Crippen molar-refractivity contribution in [3.63, 3.8) is 0 Å². The number of benzene rings is 1. The quantitative estimate of drug-likeness (QED) is 0.841. The van der Waals surface area contributed by atoms with Crippen LogP contribution in [0.25, 0.3) is 0 Å². The summed E-state index contributed by atoms with van der Waals surface area (Å²) in [5, 5.41) is 9.66. The van der Waals surface area contributed by atoms with Crippen LogP contribution in [0.2, 0.25) is 0 Å². The second kappa shape index (κ2) is 7.13. The molecule has 0 bridgehead atoms. The molecule has 19 heavy (non-hydrogen) atoms. The van der Waals surface area contributed by atoms with Gasteiger partial charge in [-0.3, -0.25) is 9.59 Å². The fourth-order valence-electron chi connectivity index (χ4n) is 1.55. The van der Waals surface area contributed by atoms with Crippen molar-refractivity contribution in [2.24, 2.45) is 0 Å². The second-order valence-electron chi connectivity index (χ2n) is 4.07. The van der Waals surface area contributed by atoms with E-state index in [-0.39, 0.29) is 29.6 Å². The Balaban J connectivity index is 2.61. The van der Waals surface area contributed by atoms with Crippen molar-refractivity contribution in [1.82, 2.24) is 4.90 Å². The van der Waals surface area contributed by atoms with Crippen LogP contribution >= 0.6 is 15.9 Å². The number of nitrogens with zero attached hydrogens (tertiary/aromatic N) is 1. The summed E-state index contributed by atoms with van der Waals surface area (Å²) in [6.07, 6.45) is 0.780. The lowest BCUT2D eigenvalue weighted by Gasteiger charge is -2.17. The van der Waals surface area contributed by atoms with Crippen LogP contribution in [0.4, 0.5) is 0 Å². The third kappa shape index (κ3) is 4.55. The number of carbonyl (C=O) groups is 2. The van der Waals surface area contributed by atoms with Gasteiger partial charge in [0.15, 0.2) is 0 Å². The Morgan fingerprint density at radius 3 is 2.74 bits per heavy atom. The maximum atomic E-state index is 12.1. The molecule has 1 rings (SSSR count). The topological polar surface area (TPSA) is 66.8 Å². The van der Waals surface area contributed by atoms with Crippen molar-refractivity contribution in [2.75, 3.05) is 20.7 Å². The minimum atomic E-state index is -0.300. The summed E-state index contributed by atoms with van der Waals surface area (Å²) >= 11 is 3.25. The normalized spacial score (nSPS) is 10.1. The molecule has 0 unspecified atom stereocenters. The number of phenolic OH excluding ortho intramolecular Hbond substituents is 1. The number of aromatic hydroxyl groups is 1. The van der Waals surface area contributed by atoms with E-state index in [4.69, 9.17) is 0 Å². The zero-order valence-electron chi connectivity index (χ0n) is 10.9. The van der Waals surface area contributed by atoms with Gasteiger partial charge >= 0.3 is 5.97 Å². The maximum Gasteiger partial charge on any atom is 0.305 e. The van der Waals surface area contributed by atoms with Gasteiger partial charge in [0.2, 0.25) is 0 Å². The van der Waals surface area contributed by atoms with E-state index in [1.165, 1.54) is 18.1 Å². The van der Waals surface area contributed by atoms with Crippen molar-refractivity contribution in [2.45, 2.75) is 12.8 Å². The van der Waals surface area contributed by atoms with E-state index in [1.54, 1.807) is 19.2 Å². The Labute approximate surface area is 120 Å². The lowest BCUT2D eigenvalue weighted by atomic mass is 10.1. The Hall–Kier alpha value is -1.56. The van der Waals surface area contributed by atoms with Gasteiger partial charge in [0, 0.05) is 24.5 Å². The lowest BCUT2D eigenvalue weighted by Crippen LogP contribution is -2.28. The first-order valence-electron chi connectivity index (χ1n) is 5.76. The number of phenols is 1. The molecule has 0 atom stereocenters. The highest BCUT2D eigenvalue weighted by Gasteiger charge is 2.16. The first-order chi connectivity index (χ1) is 8.95. The van der Waals surface area contributed by atoms with E-state index in [0.29, 0.717) is 13.0 Å². The SMILES string of the molecule is COC(=O)CCCN(C)C(=O)c1cc(Br)ccc1O. The average Bonchev–Trinajstić information content (AvgIpc) is 2.40. The van der Waals surface area contributed by atoms with Gasteiger partial charge in [-0.1, -0.05) is 15.9 Å². The molecule has 0 aliphatic carbocycles. The smallest absolute Gasteiger partial charge is 0.305 e. The largest absolute Gasteiger partial charge is 0.507 e. The number of methoxy groups -OCH3 is 1. The Bertz CT molecular complexity index is 476. The van der Waals surface area contributed by atoms with E-state index >= 15 is 0 Å². The molecule has 1 N–H and O–H groups in total. The van der Waals surface area contributed by atoms with Crippen LogP contribution in [0.1, 0.15) is 23.2 Å². The van der Waals surface area contributed by atoms with Gasteiger partial charge in [-0.2, -0.15) is 0 Å². The van der Waals surface area contributed by atoms with Gasteiger partial charge in [0.25, 0.3) is 5.91 Å². The van der Waals surface area contributed by atoms with E-state index < -0.39 is 0 Å². The van der Waals surface area contributed by atoms with Gasteiger partial charge in [0.1, 0.15) is 5.75 Å². The van der Waals surface area contributed by atoms with Crippen LogP contribution in [-0.4, -0.2) is 42.6 Å². The predicted octanol–water partition coefficient (Wildman–Crippen LogP) is 2.18. The third-order valence-corrected chi connectivity index (χ3v) is 3.13. The summed E-state index contributed by atoms with van der Waals surface area (Å²) in [6, 6.07) is 4.68. The average molecular weight is 330 g/mol. The van der Waals surface area contributed by atoms with Gasteiger partial charge in [0.05, 0.1) is 12.7 Å². The fraction of sp³-hybridized carbons (Fsp3) is 0.385. The van der Waals surface area contributed by atoms with E-state index in [1.807, 2.05) is 0 Å². The first kappa shape index (κ1) is 15.5. The minimum Gasteiger partial charge on any atom is -0.507 e. The highest BCUT2D eigenvalue weighted by Crippen LogP contribution is 2.23. The van der Waals surface area contributed by atoms with Crippen LogP contribution in [0.5, 0.6) is 5.75 Å². The number of hydrogen-bond donors (Lipinski definition) is 1. The van der Waals surface area contributed by atoms with E-state index in [9.17, 15) is 14.7 Å².